The SMILES string of the molecule is Cn1nc(F)c2cc(-c3cn(CC(=O)N4CCC[C@@H](N)C4)nc3-c3ccc(C#N)c(F)c3)ccc21. The number of rotatable bonds is 4. The molecule has 4 aromatic rings. The molecule has 1 atom stereocenters. The number of aryl methyl sites for hydroxylation is 1. The summed E-state index contributed by atoms with van der Waals surface area (Å²) in [6.07, 6.45) is 3.43. The summed E-state index contributed by atoms with van der Waals surface area (Å²) in [5.74, 6) is -1.38. The summed E-state index contributed by atoms with van der Waals surface area (Å²) in [5.41, 5.74) is 8.67. The van der Waals surface area contributed by atoms with Crippen LogP contribution in [0, 0.1) is 23.1 Å². The highest BCUT2D eigenvalue weighted by Gasteiger charge is 2.23. The Kier molecular flexibility index (Phi) is 5.78. The molecule has 1 fully saturated rings. The fourth-order valence-electron chi connectivity index (χ4n) is 4.55. The molecule has 1 saturated heterocycles. The van der Waals surface area contributed by atoms with Gasteiger partial charge in [0.25, 0.3) is 0 Å². The predicted octanol–water partition coefficient (Wildman–Crippen LogP) is 3.20. The largest absolute Gasteiger partial charge is 0.340 e. The number of carbonyl (C=O) groups is 1. The molecule has 1 aliphatic rings. The number of fused-ring (bicyclic) bond motifs is 1. The van der Waals surface area contributed by atoms with Gasteiger partial charge in [0, 0.05) is 43.5 Å². The predicted molar refractivity (Wildman–Crippen MR) is 126 cm³/mol. The molecule has 2 N–H and O–H groups in total. The van der Waals surface area contributed by atoms with E-state index in [2.05, 4.69) is 10.2 Å². The fourth-order valence-corrected chi connectivity index (χ4v) is 4.55. The summed E-state index contributed by atoms with van der Waals surface area (Å²) in [7, 11) is 1.66. The van der Waals surface area contributed by atoms with Crippen molar-refractivity contribution < 1.29 is 13.6 Å². The zero-order valence-electron chi connectivity index (χ0n) is 19.1. The van der Waals surface area contributed by atoms with Crippen LogP contribution < -0.4 is 5.73 Å². The van der Waals surface area contributed by atoms with Gasteiger partial charge in [0.1, 0.15) is 24.1 Å². The van der Waals surface area contributed by atoms with Crippen molar-refractivity contribution in [2.75, 3.05) is 13.1 Å². The minimum Gasteiger partial charge on any atom is -0.340 e. The number of piperidine rings is 1. The maximum Gasteiger partial charge on any atom is 0.244 e. The van der Waals surface area contributed by atoms with Crippen molar-refractivity contribution in [3.05, 3.63) is 59.9 Å². The lowest BCUT2D eigenvalue weighted by Gasteiger charge is -2.30. The number of hydrogen-bond acceptors (Lipinski definition) is 5. The number of nitrogens with two attached hydrogens (primary N) is 1. The van der Waals surface area contributed by atoms with E-state index in [1.54, 1.807) is 42.4 Å². The lowest BCUT2D eigenvalue weighted by Crippen LogP contribution is -2.46. The number of carbonyl (C=O) groups excluding carboxylic acids is 1. The van der Waals surface area contributed by atoms with Crippen molar-refractivity contribution in [3.8, 4) is 28.5 Å². The van der Waals surface area contributed by atoms with Gasteiger partial charge in [-0.25, -0.2) is 4.39 Å². The summed E-state index contributed by atoms with van der Waals surface area (Å²) < 4.78 is 31.8. The lowest BCUT2D eigenvalue weighted by molar-refractivity contribution is -0.133. The van der Waals surface area contributed by atoms with Crippen LogP contribution in [0.3, 0.4) is 0 Å². The molecule has 2 aromatic heterocycles. The van der Waals surface area contributed by atoms with E-state index >= 15 is 0 Å². The molecule has 0 aliphatic carbocycles. The van der Waals surface area contributed by atoms with Crippen molar-refractivity contribution in [1.29, 1.82) is 5.26 Å². The molecule has 0 saturated carbocycles. The van der Waals surface area contributed by atoms with Crippen molar-refractivity contribution in [2.45, 2.75) is 25.4 Å². The Labute approximate surface area is 200 Å². The third kappa shape index (κ3) is 4.26. The molecule has 1 aliphatic heterocycles. The third-order valence-electron chi connectivity index (χ3n) is 6.35. The van der Waals surface area contributed by atoms with Crippen LogP contribution in [0.4, 0.5) is 8.78 Å². The van der Waals surface area contributed by atoms with E-state index in [1.165, 1.54) is 21.5 Å². The van der Waals surface area contributed by atoms with E-state index in [0.29, 0.717) is 46.4 Å². The van der Waals surface area contributed by atoms with E-state index < -0.39 is 11.8 Å². The van der Waals surface area contributed by atoms with Gasteiger partial charge >= 0.3 is 0 Å². The summed E-state index contributed by atoms with van der Waals surface area (Å²) in [4.78, 5) is 14.6. The molecule has 0 unspecified atom stereocenters. The zero-order chi connectivity index (χ0) is 24.7. The Hall–Kier alpha value is -4.10. The number of nitriles is 1. The highest BCUT2D eigenvalue weighted by molar-refractivity contribution is 5.89. The van der Waals surface area contributed by atoms with E-state index in [9.17, 15) is 13.6 Å². The van der Waals surface area contributed by atoms with E-state index in [4.69, 9.17) is 11.0 Å². The Morgan fingerprint density at radius 2 is 2.00 bits per heavy atom. The first-order chi connectivity index (χ1) is 16.8. The Morgan fingerprint density at radius 1 is 1.20 bits per heavy atom. The second-order valence-corrected chi connectivity index (χ2v) is 8.78. The second kappa shape index (κ2) is 8.92. The average molecular weight is 476 g/mol. The molecule has 1 amide bonds. The molecule has 178 valence electrons. The molecule has 10 heteroatoms. The number of benzene rings is 2. The molecule has 2 aromatic carbocycles. The first-order valence-corrected chi connectivity index (χ1v) is 11.3. The molecule has 3 heterocycles. The summed E-state index contributed by atoms with van der Waals surface area (Å²) in [6.45, 7) is 1.13. The normalized spacial score (nSPS) is 16.0. The average Bonchev–Trinajstić information content (AvgIpc) is 3.39. The minimum atomic E-state index is -0.669. The number of likely N-dealkylation sites (tertiary alicyclic amines) is 1. The molecule has 0 radical (unpaired) electrons. The van der Waals surface area contributed by atoms with Crippen molar-refractivity contribution >= 4 is 16.8 Å². The molecule has 8 nitrogen and oxygen atoms in total. The van der Waals surface area contributed by atoms with Crippen LogP contribution in [0.1, 0.15) is 18.4 Å². The van der Waals surface area contributed by atoms with Gasteiger partial charge in [-0.2, -0.15) is 14.8 Å². The summed E-state index contributed by atoms with van der Waals surface area (Å²) >= 11 is 0. The number of nitrogens with zero attached hydrogens (tertiary/aromatic N) is 6. The standard InChI is InChI=1S/C25H23F2N7O/c1-32-22-7-6-15(9-19(22)25(27)31-32)20-13-34(14-23(35)33-8-2-3-18(29)12-33)30-24(20)16-4-5-17(11-28)21(26)10-16/h4-7,9-10,13,18H,2-3,8,12,14,29H2,1H3/t18-/m1/s1. The van der Waals surface area contributed by atoms with Crippen molar-refractivity contribution in [2.24, 2.45) is 12.8 Å². The van der Waals surface area contributed by atoms with Crippen LogP contribution in [0.15, 0.2) is 42.6 Å². The number of hydrogen-bond donors (Lipinski definition) is 1. The van der Waals surface area contributed by atoms with Crippen LogP contribution in [0.25, 0.3) is 33.3 Å². The first kappa shape index (κ1) is 22.7. The molecule has 35 heavy (non-hydrogen) atoms. The first-order valence-electron chi connectivity index (χ1n) is 11.3. The summed E-state index contributed by atoms with van der Waals surface area (Å²) in [6, 6.07) is 11.2. The quantitative estimate of drug-likeness (QED) is 0.488. The number of aromatic nitrogens is 4. The van der Waals surface area contributed by atoms with Gasteiger partial charge in [0.2, 0.25) is 11.9 Å². The summed E-state index contributed by atoms with van der Waals surface area (Å²) in [5, 5.41) is 17.8. The lowest BCUT2D eigenvalue weighted by atomic mass is 10.00. The monoisotopic (exact) mass is 475 g/mol. The minimum absolute atomic E-state index is 0.0119. The second-order valence-electron chi connectivity index (χ2n) is 8.78. The smallest absolute Gasteiger partial charge is 0.244 e. The highest BCUT2D eigenvalue weighted by Crippen LogP contribution is 2.34. The van der Waals surface area contributed by atoms with Crippen LogP contribution in [-0.4, -0.2) is 49.5 Å². The molecule has 0 bridgehead atoms. The number of amides is 1. The maximum absolute atomic E-state index is 14.4. The van der Waals surface area contributed by atoms with Gasteiger partial charge in [-0.3, -0.25) is 14.2 Å². The number of halogens is 2. The van der Waals surface area contributed by atoms with Crippen LogP contribution in [0.2, 0.25) is 0 Å². The molecular formula is C25H23F2N7O. The van der Waals surface area contributed by atoms with Crippen LogP contribution in [0.5, 0.6) is 0 Å². The molecule has 5 rings (SSSR count). The van der Waals surface area contributed by atoms with Gasteiger partial charge in [-0.05, 0) is 42.7 Å². The Balaban J connectivity index is 1.57. The zero-order valence-corrected chi connectivity index (χ0v) is 19.1. The fraction of sp³-hybridized carbons (Fsp3) is 0.280. The molecular weight excluding hydrogens is 452 g/mol. The maximum atomic E-state index is 14.4. The topological polar surface area (TPSA) is 106 Å². The molecule has 0 spiro atoms. The van der Waals surface area contributed by atoms with Crippen molar-refractivity contribution in [3.63, 3.8) is 0 Å². The van der Waals surface area contributed by atoms with Gasteiger partial charge in [-0.15, -0.1) is 5.10 Å². The van der Waals surface area contributed by atoms with Gasteiger partial charge in [-0.1, -0.05) is 12.1 Å². The highest BCUT2D eigenvalue weighted by atomic mass is 19.1. The third-order valence-corrected chi connectivity index (χ3v) is 6.35. The van der Waals surface area contributed by atoms with Crippen molar-refractivity contribution in [1.82, 2.24) is 24.5 Å². The van der Waals surface area contributed by atoms with E-state index in [1.807, 2.05) is 6.07 Å². The van der Waals surface area contributed by atoms with Gasteiger partial charge in [0.15, 0.2) is 0 Å². The van der Waals surface area contributed by atoms with E-state index in [-0.39, 0.29) is 24.1 Å². The Morgan fingerprint density at radius 3 is 2.74 bits per heavy atom. The van der Waals surface area contributed by atoms with Crippen LogP contribution in [-0.2, 0) is 18.4 Å². The van der Waals surface area contributed by atoms with E-state index in [0.717, 1.165) is 12.8 Å². The van der Waals surface area contributed by atoms with Gasteiger partial charge in [0.05, 0.1) is 16.5 Å². The Bertz CT molecular complexity index is 1480. The van der Waals surface area contributed by atoms with Gasteiger partial charge < -0.3 is 10.6 Å². The van der Waals surface area contributed by atoms with Crippen LogP contribution >= 0.6 is 0 Å².